The third-order valence-corrected chi connectivity index (χ3v) is 3.72. The Kier molecular flexibility index (Phi) is 8.64. The van der Waals surface area contributed by atoms with Gasteiger partial charge in [0.05, 0.1) is 26.4 Å². The molecule has 1 aromatic rings. The molecule has 0 aromatic heterocycles. The van der Waals surface area contributed by atoms with Crippen molar-refractivity contribution in [3.05, 3.63) is 28.8 Å². The van der Waals surface area contributed by atoms with E-state index in [1.54, 1.807) is 21.3 Å². The van der Waals surface area contributed by atoms with E-state index in [1.807, 2.05) is 18.2 Å². The Bertz CT molecular complexity index is 410. The normalized spacial score (nSPS) is 12.7. The molecule has 0 radical (unpaired) electrons. The number of hydrogen-bond acceptors (Lipinski definition) is 5. The number of halogens is 1. The van der Waals surface area contributed by atoms with Crippen LogP contribution in [0.1, 0.15) is 11.6 Å². The third-order valence-electron chi connectivity index (χ3n) is 3.40. The van der Waals surface area contributed by atoms with Gasteiger partial charge >= 0.3 is 0 Å². The Morgan fingerprint density at radius 1 is 1.14 bits per heavy atom. The molecule has 1 unspecified atom stereocenters. The zero-order chi connectivity index (χ0) is 15.7. The van der Waals surface area contributed by atoms with Crippen LogP contribution in [0.25, 0.3) is 0 Å². The van der Waals surface area contributed by atoms with Crippen LogP contribution in [-0.4, -0.2) is 59.1 Å². The molecule has 1 aromatic carbocycles. The summed E-state index contributed by atoms with van der Waals surface area (Å²) in [4.78, 5) is 2.21. The van der Waals surface area contributed by atoms with Crippen molar-refractivity contribution in [2.45, 2.75) is 6.04 Å². The lowest BCUT2D eigenvalue weighted by molar-refractivity contribution is 0.0883. The fraction of sp³-hybridized carbons (Fsp3) is 0.600. The second-order valence-corrected chi connectivity index (χ2v) is 5.04. The van der Waals surface area contributed by atoms with Crippen LogP contribution < -0.4 is 10.5 Å². The van der Waals surface area contributed by atoms with Gasteiger partial charge < -0.3 is 19.9 Å². The maximum atomic E-state index is 6.37. The molecule has 0 saturated carbocycles. The Hall–Kier alpha value is -0.850. The molecule has 6 heteroatoms. The number of nitrogens with zero attached hydrogens (tertiary/aromatic N) is 1. The lowest BCUT2D eigenvalue weighted by atomic mass is 10.0. The number of rotatable bonds is 10. The second kappa shape index (κ2) is 9.97. The number of nitrogens with two attached hydrogens (primary N) is 1. The fourth-order valence-corrected chi connectivity index (χ4v) is 2.60. The summed E-state index contributed by atoms with van der Waals surface area (Å²) in [6.07, 6.45) is 0. The van der Waals surface area contributed by atoms with E-state index in [1.165, 1.54) is 0 Å². The molecule has 0 spiro atoms. The van der Waals surface area contributed by atoms with E-state index in [-0.39, 0.29) is 6.04 Å². The fourth-order valence-electron chi connectivity index (χ4n) is 2.31. The molecular weight excluding hydrogens is 292 g/mol. The Balaban J connectivity index is 3.06. The predicted octanol–water partition coefficient (Wildman–Crippen LogP) is 1.94. The lowest BCUT2D eigenvalue weighted by Crippen LogP contribution is -2.38. The molecule has 0 heterocycles. The first kappa shape index (κ1) is 18.2. The highest BCUT2D eigenvalue weighted by molar-refractivity contribution is 6.31. The number of ether oxygens (including phenoxy) is 3. The van der Waals surface area contributed by atoms with Crippen LogP contribution in [0.3, 0.4) is 0 Å². The zero-order valence-corrected chi connectivity index (χ0v) is 13.7. The van der Waals surface area contributed by atoms with Gasteiger partial charge in [-0.05, 0) is 12.1 Å². The average Bonchev–Trinajstić information content (AvgIpc) is 2.51. The van der Waals surface area contributed by atoms with Crippen LogP contribution in [0.5, 0.6) is 5.75 Å². The smallest absolute Gasteiger partial charge is 0.125 e. The minimum absolute atomic E-state index is 0.0426. The highest BCUT2D eigenvalue weighted by Gasteiger charge is 2.24. The SMILES string of the molecule is COCCN(CCOC)C(CN)c1c(Cl)cccc1OC. The molecule has 1 atom stereocenters. The van der Waals surface area contributed by atoms with E-state index < -0.39 is 0 Å². The second-order valence-electron chi connectivity index (χ2n) is 4.63. The van der Waals surface area contributed by atoms with Crippen LogP contribution >= 0.6 is 11.6 Å². The molecule has 1 rings (SSSR count). The van der Waals surface area contributed by atoms with Crippen molar-refractivity contribution in [3.8, 4) is 5.75 Å². The summed E-state index contributed by atoms with van der Waals surface area (Å²) in [5.41, 5.74) is 6.92. The molecule has 0 bridgehead atoms. The van der Waals surface area contributed by atoms with Crippen molar-refractivity contribution >= 4 is 11.6 Å². The highest BCUT2D eigenvalue weighted by Crippen LogP contribution is 2.34. The van der Waals surface area contributed by atoms with E-state index in [9.17, 15) is 0 Å². The number of hydrogen-bond donors (Lipinski definition) is 1. The van der Waals surface area contributed by atoms with Crippen LogP contribution in [0, 0.1) is 0 Å². The standard InChI is InChI=1S/C15H25ClN2O3/c1-19-9-7-18(8-10-20-2)13(11-17)15-12(16)5-4-6-14(15)21-3/h4-6,13H,7-11,17H2,1-3H3. The monoisotopic (exact) mass is 316 g/mol. The van der Waals surface area contributed by atoms with Gasteiger partial charge in [-0.1, -0.05) is 17.7 Å². The molecule has 0 aliphatic carbocycles. The van der Waals surface area contributed by atoms with Gasteiger partial charge in [-0.2, -0.15) is 0 Å². The Labute approximate surface area is 131 Å². The largest absolute Gasteiger partial charge is 0.496 e. The van der Waals surface area contributed by atoms with Crippen LogP contribution in [0.15, 0.2) is 18.2 Å². The molecule has 0 aliphatic heterocycles. The molecule has 0 fully saturated rings. The van der Waals surface area contributed by atoms with Gasteiger partial charge in [0.25, 0.3) is 0 Å². The van der Waals surface area contributed by atoms with E-state index in [0.29, 0.717) is 24.8 Å². The third kappa shape index (κ3) is 5.13. The van der Waals surface area contributed by atoms with Gasteiger partial charge in [-0.15, -0.1) is 0 Å². The summed E-state index contributed by atoms with van der Waals surface area (Å²) in [7, 11) is 5.00. The van der Waals surface area contributed by atoms with Gasteiger partial charge in [0, 0.05) is 44.4 Å². The van der Waals surface area contributed by atoms with Gasteiger partial charge in [0.15, 0.2) is 0 Å². The van der Waals surface area contributed by atoms with Gasteiger partial charge in [-0.3, -0.25) is 4.90 Å². The molecule has 0 saturated heterocycles. The van der Waals surface area contributed by atoms with Crippen molar-refractivity contribution in [3.63, 3.8) is 0 Å². The van der Waals surface area contributed by atoms with Crippen molar-refractivity contribution < 1.29 is 14.2 Å². The van der Waals surface area contributed by atoms with Gasteiger partial charge in [0.2, 0.25) is 0 Å². The summed E-state index contributed by atoms with van der Waals surface area (Å²) in [5.74, 6) is 0.748. The topological polar surface area (TPSA) is 57.0 Å². The molecule has 120 valence electrons. The quantitative estimate of drug-likeness (QED) is 0.715. The first-order valence-electron chi connectivity index (χ1n) is 6.94. The molecule has 0 amide bonds. The molecule has 2 N–H and O–H groups in total. The summed E-state index contributed by atoms with van der Waals surface area (Å²) >= 11 is 6.37. The summed E-state index contributed by atoms with van der Waals surface area (Å²) in [5, 5.41) is 0.657. The van der Waals surface area contributed by atoms with Gasteiger partial charge in [-0.25, -0.2) is 0 Å². The summed E-state index contributed by atoms with van der Waals surface area (Å²) in [6.45, 7) is 3.17. The van der Waals surface area contributed by atoms with Crippen molar-refractivity contribution in [2.75, 3.05) is 54.2 Å². The number of benzene rings is 1. The highest BCUT2D eigenvalue weighted by atomic mass is 35.5. The Morgan fingerprint density at radius 3 is 2.24 bits per heavy atom. The minimum atomic E-state index is -0.0426. The van der Waals surface area contributed by atoms with Crippen molar-refractivity contribution in [1.82, 2.24) is 4.90 Å². The van der Waals surface area contributed by atoms with Crippen LogP contribution in [0.2, 0.25) is 5.02 Å². The van der Waals surface area contributed by atoms with E-state index in [0.717, 1.165) is 24.4 Å². The first-order chi connectivity index (χ1) is 10.2. The number of methoxy groups -OCH3 is 3. The van der Waals surface area contributed by atoms with E-state index in [4.69, 9.17) is 31.5 Å². The summed E-state index contributed by atoms with van der Waals surface area (Å²) in [6, 6.07) is 5.58. The van der Waals surface area contributed by atoms with Crippen LogP contribution in [-0.2, 0) is 9.47 Å². The maximum Gasteiger partial charge on any atom is 0.125 e. The van der Waals surface area contributed by atoms with Gasteiger partial charge in [0.1, 0.15) is 5.75 Å². The maximum absolute atomic E-state index is 6.37. The zero-order valence-electron chi connectivity index (χ0n) is 13.0. The van der Waals surface area contributed by atoms with E-state index >= 15 is 0 Å². The Morgan fingerprint density at radius 2 is 1.76 bits per heavy atom. The first-order valence-corrected chi connectivity index (χ1v) is 7.31. The minimum Gasteiger partial charge on any atom is -0.496 e. The van der Waals surface area contributed by atoms with Crippen molar-refractivity contribution in [2.24, 2.45) is 5.73 Å². The predicted molar refractivity (Wildman–Crippen MR) is 85.1 cm³/mol. The van der Waals surface area contributed by atoms with Crippen LogP contribution in [0.4, 0.5) is 0 Å². The molecule has 5 nitrogen and oxygen atoms in total. The summed E-state index contributed by atoms with van der Waals surface area (Å²) < 4.78 is 15.8. The molecule has 21 heavy (non-hydrogen) atoms. The lowest BCUT2D eigenvalue weighted by Gasteiger charge is -2.32. The van der Waals surface area contributed by atoms with Crippen molar-refractivity contribution in [1.29, 1.82) is 0 Å². The average molecular weight is 317 g/mol. The van der Waals surface area contributed by atoms with E-state index in [2.05, 4.69) is 4.90 Å². The molecule has 0 aliphatic rings. The molecular formula is C15H25ClN2O3.